The van der Waals surface area contributed by atoms with Gasteiger partial charge in [0.15, 0.2) is 0 Å². The number of rotatable bonds is 4. The highest BCUT2D eigenvalue weighted by atomic mass is 15.5. The van der Waals surface area contributed by atoms with Crippen LogP contribution in [0.4, 0.5) is 0 Å². The average molecular weight is 150 g/mol. The van der Waals surface area contributed by atoms with E-state index >= 15 is 0 Å². The van der Waals surface area contributed by atoms with E-state index in [-0.39, 0.29) is 0 Å². The normalized spacial score (nSPS) is 9.36. The number of hydrogen-bond acceptors (Lipinski definition) is 3. The molecule has 4 heteroatoms. The Kier molecular flexibility index (Phi) is 3.13. The van der Waals surface area contributed by atoms with Gasteiger partial charge in [-0.1, -0.05) is 0 Å². The predicted octanol–water partition coefficient (Wildman–Crippen LogP) is 0.477. The molecule has 0 radical (unpaired) electrons. The van der Waals surface area contributed by atoms with Gasteiger partial charge in [-0.15, -0.1) is 17.4 Å². The molecule has 0 atom stereocenters. The van der Waals surface area contributed by atoms with Gasteiger partial charge in [0, 0.05) is 13.0 Å². The highest BCUT2D eigenvalue weighted by Gasteiger charge is 1.90. The van der Waals surface area contributed by atoms with E-state index in [0.29, 0.717) is 0 Å². The Morgan fingerprint density at radius 3 is 3.00 bits per heavy atom. The van der Waals surface area contributed by atoms with E-state index < -0.39 is 0 Å². The van der Waals surface area contributed by atoms with Gasteiger partial charge in [-0.25, -0.2) is 4.68 Å². The Hall–Kier alpha value is -1.37. The summed E-state index contributed by atoms with van der Waals surface area (Å²) in [6, 6.07) is 0. The zero-order valence-electron chi connectivity index (χ0n) is 6.27. The van der Waals surface area contributed by atoms with E-state index in [1.165, 1.54) is 0 Å². The van der Waals surface area contributed by atoms with Gasteiger partial charge in [0.05, 0.1) is 0 Å². The van der Waals surface area contributed by atoms with E-state index in [0.717, 1.165) is 25.8 Å². The van der Waals surface area contributed by atoms with Crippen molar-refractivity contribution in [3.05, 3.63) is 6.33 Å². The van der Waals surface area contributed by atoms with Gasteiger partial charge >= 0.3 is 0 Å². The fraction of sp³-hybridized carbons (Fsp3) is 0.571. The maximum absolute atomic E-state index is 5.09. The first-order chi connectivity index (χ1) is 5.43. The largest absolute Gasteiger partial charge is 0.233 e. The standard InChI is InChI=1S/C7H10N4/c1-2-3-4-5-6-11-7-8-9-10-11/h1,7H,3-6H2. The smallest absolute Gasteiger partial charge is 0.138 e. The van der Waals surface area contributed by atoms with Crippen LogP contribution in [0.1, 0.15) is 19.3 Å². The summed E-state index contributed by atoms with van der Waals surface area (Å²) in [5.41, 5.74) is 0. The lowest BCUT2D eigenvalue weighted by Crippen LogP contribution is -1.98. The first-order valence-corrected chi connectivity index (χ1v) is 3.57. The maximum Gasteiger partial charge on any atom is 0.138 e. The average Bonchev–Trinajstić information content (AvgIpc) is 2.50. The number of aromatic nitrogens is 4. The van der Waals surface area contributed by atoms with Crippen LogP contribution in [0.25, 0.3) is 0 Å². The second kappa shape index (κ2) is 4.45. The summed E-state index contributed by atoms with van der Waals surface area (Å²) in [5, 5.41) is 10.7. The molecule has 0 aliphatic rings. The molecule has 0 aliphatic heterocycles. The Labute approximate surface area is 65.6 Å². The Morgan fingerprint density at radius 2 is 2.36 bits per heavy atom. The quantitative estimate of drug-likeness (QED) is 0.463. The van der Waals surface area contributed by atoms with Gasteiger partial charge in [0.1, 0.15) is 6.33 Å². The van der Waals surface area contributed by atoms with E-state index in [1.54, 1.807) is 11.0 Å². The molecule has 0 saturated carbocycles. The molecule has 0 amide bonds. The minimum absolute atomic E-state index is 0.835. The molecule has 4 nitrogen and oxygen atoms in total. The van der Waals surface area contributed by atoms with Crippen molar-refractivity contribution in [3.63, 3.8) is 0 Å². The van der Waals surface area contributed by atoms with Crippen LogP contribution in [-0.4, -0.2) is 20.2 Å². The Morgan fingerprint density at radius 1 is 1.45 bits per heavy atom. The predicted molar refractivity (Wildman–Crippen MR) is 40.5 cm³/mol. The van der Waals surface area contributed by atoms with Crippen LogP contribution in [0.15, 0.2) is 6.33 Å². The highest BCUT2D eigenvalue weighted by Crippen LogP contribution is 1.95. The third-order valence-corrected chi connectivity index (χ3v) is 1.35. The minimum atomic E-state index is 0.835. The summed E-state index contributed by atoms with van der Waals surface area (Å²) >= 11 is 0. The second-order valence-corrected chi connectivity index (χ2v) is 2.23. The molecule has 58 valence electrons. The minimum Gasteiger partial charge on any atom is -0.233 e. The second-order valence-electron chi connectivity index (χ2n) is 2.23. The molecule has 0 saturated heterocycles. The molecule has 0 bridgehead atoms. The van der Waals surface area contributed by atoms with Crippen LogP contribution in [0, 0.1) is 12.3 Å². The van der Waals surface area contributed by atoms with Gasteiger partial charge in [-0.2, -0.15) is 0 Å². The molecule has 0 aliphatic carbocycles. The van der Waals surface area contributed by atoms with Gasteiger partial charge in [-0.3, -0.25) is 0 Å². The van der Waals surface area contributed by atoms with Crippen LogP contribution in [0.2, 0.25) is 0 Å². The summed E-state index contributed by atoms with van der Waals surface area (Å²) in [4.78, 5) is 0. The molecular weight excluding hydrogens is 140 g/mol. The van der Waals surface area contributed by atoms with Crippen molar-refractivity contribution >= 4 is 0 Å². The molecular formula is C7H10N4. The molecule has 1 aromatic rings. The third-order valence-electron chi connectivity index (χ3n) is 1.35. The van der Waals surface area contributed by atoms with Crippen molar-refractivity contribution in [2.75, 3.05) is 0 Å². The summed E-state index contributed by atoms with van der Waals surface area (Å²) in [6.07, 6.45) is 9.61. The van der Waals surface area contributed by atoms with Gasteiger partial charge in [-0.05, 0) is 23.3 Å². The van der Waals surface area contributed by atoms with Crippen molar-refractivity contribution in [2.45, 2.75) is 25.8 Å². The molecule has 0 aromatic carbocycles. The molecule has 0 N–H and O–H groups in total. The number of hydrogen-bond donors (Lipinski definition) is 0. The van der Waals surface area contributed by atoms with Crippen LogP contribution in [-0.2, 0) is 6.54 Å². The molecule has 1 heterocycles. The number of tetrazole rings is 1. The zero-order valence-corrected chi connectivity index (χ0v) is 6.27. The fourth-order valence-corrected chi connectivity index (χ4v) is 0.784. The molecule has 0 spiro atoms. The molecule has 0 fully saturated rings. The number of aryl methyl sites for hydroxylation is 1. The molecule has 0 unspecified atom stereocenters. The summed E-state index contributed by atoms with van der Waals surface area (Å²) in [6.45, 7) is 0.856. The van der Waals surface area contributed by atoms with E-state index in [1.807, 2.05) is 0 Å². The Bertz CT molecular complexity index is 221. The Balaban J connectivity index is 2.10. The zero-order chi connectivity index (χ0) is 7.94. The van der Waals surface area contributed by atoms with Crippen molar-refractivity contribution in [1.82, 2.24) is 20.2 Å². The van der Waals surface area contributed by atoms with Gasteiger partial charge < -0.3 is 0 Å². The lowest BCUT2D eigenvalue weighted by molar-refractivity contribution is 0.545. The lowest BCUT2D eigenvalue weighted by atomic mass is 10.2. The van der Waals surface area contributed by atoms with E-state index in [2.05, 4.69) is 21.4 Å². The first kappa shape index (κ1) is 7.73. The summed E-state index contributed by atoms with van der Waals surface area (Å²) in [7, 11) is 0. The van der Waals surface area contributed by atoms with Crippen LogP contribution in [0.3, 0.4) is 0 Å². The lowest BCUT2D eigenvalue weighted by Gasteiger charge is -1.95. The van der Waals surface area contributed by atoms with E-state index in [4.69, 9.17) is 6.42 Å². The SMILES string of the molecule is C#CCCCCn1cnnn1. The highest BCUT2D eigenvalue weighted by molar-refractivity contribution is 4.82. The van der Waals surface area contributed by atoms with Crippen LogP contribution < -0.4 is 0 Å². The van der Waals surface area contributed by atoms with Gasteiger partial charge in [0.25, 0.3) is 0 Å². The van der Waals surface area contributed by atoms with Crippen molar-refractivity contribution in [2.24, 2.45) is 0 Å². The summed E-state index contributed by atoms with van der Waals surface area (Å²) in [5.74, 6) is 2.59. The summed E-state index contributed by atoms with van der Waals surface area (Å²) < 4.78 is 1.70. The van der Waals surface area contributed by atoms with Crippen molar-refractivity contribution < 1.29 is 0 Å². The van der Waals surface area contributed by atoms with Gasteiger partial charge in [0.2, 0.25) is 0 Å². The number of terminal acetylenes is 1. The van der Waals surface area contributed by atoms with Crippen molar-refractivity contribution in [3.8, 4) is 12.3 Å². The number of nitrogens with zero attached hydrogens (tertiary/aromatic N) is 4. The topological polar surface area (TPSA) is 43.6 Å². The fourth-order valence-electron chi connectivity index (χ4n) is 0.784. The monoisotopic (exact) mass is 150 g/mol. The maximum atomic E-state index is 5.09. The molecule has 1 rings (SSSR count). The van der Waals surface area contributed by atoms with Crippen LogP contribution in [0.5, 0.6) is 0 Å². The number of unbranched alkanes of at least 4 members (excludes halogenated alkanes) is 2. The van der Waals surface area contributed by atoms with Crippen molar-refractivity contribution in [1.29, 1.82) is 0 Å². The van der Waals surface area contributed by atoms with Crippen LogP contribution >= 0.6 is 0 Å². The van der Waals surface area contributed by atoms with E-state index in [9.17, 15) is 0 Å². The molecule has 1 aromatic heterocycles. The first-order valence-electron chi connectivity index (χ1n) is 3.57. The molecule has 11 heavy (non-hydrogen) atoms. The third kappa shape index (κ3) is 2.80.